The topological polar surface area (TPSA) is 49.8 Å². The Labute approximate surface area is 140 Å². The molecule has 23 heavy (non-hydrogen) atoms. The molecule has 122 valence electrons. The Morgan fingerprint density at radius 2 is 2.04 bits per heavy atom. The van der Waals surface area contributed by atoms with Gasteiger partial charge in [0.05, 0.1) is 18.6 Å². The van der Waals surface area contributed by atoms with Crippen molar-refractivity contribution < 1.29 is 14.6 Å². The number of amides is 1. The Hall–Kier alpha value is -1.85. The Bertz CT molecular complexity index is 689. The van der Waals surface area contributed by atoms with Gasteiger partial charge < -0.3 is 14.7 Å². The van der Waals surface area contributed by atoms with E-state index in [2.05, 4.69) is 0 Å². The molecule has 0 unspecified atom stereocenters. The van der Waals surface area contributed by atoms with E-state index in [1.807, 2.05) is 42.2 Å². The first kappa shape index (κ1) is 16.0. The van der Waals surface area contributed by atoms with E-state index in [1.54, 1.807) is 7.11 Å². The molecule has 1 heterocycles. The maximum Gasteiger partial charge on any atom is 0.264 e. The van der Waals surface area contributed by atoms with Crippen molar-refractivity contribution >= 4 is 17.2 Å². The zero-order valence-corrected chi connectivity index (χ0v) is 14.2. The Balaban J connectivity index is 1.85. The molecule has 1 amide bonds. The molecule has 0 atom stereocenters. The summed E-state index contributed by atoms with van der Waals surface area (Å²) in [6.45, 7) is 2.46. The number of hydrogen-bond donors (Lipinski definition) is 1. The summed E-state index contributed by atoms with van der Waals surface area (Å²) in [4.78, 5) is 16.4. The van der Waals surface area contributed by atoms with Crippen LogP contribution in [0.25, 0.3) is 11.1 Å². The van der Waals surface area contributed by atoms with Gasteiger partial charge in [-0.25, -0.2) is 0 Å². The highest BCUT2D eigenvalue weighted by Crippen LogP contribution is 2.34. The number of thiophene rings is 1. The summed E-state index contributed by atoms with van der Waals surface area (Å²) in [7, 11) is 1.65. The van der Waals surface area contributed by atoms with Crippen molar-refractivity contribution in [1.82, 2.24) is 4.90 Å². The van der Waals surface area contributed by atoms with E-state index in [4.69, 9.17) is 4.74 Å². The minimum Gasteiger partial charge on any atom is -0.497 e. The second kappa shape index (κ2) is 6.72. The largest absolute Gasteiger partial charge is 0.497 e. The predicted octanol–water partition coefficient (Wildman–Crippen LogP) is 3.33. The number of methoxy groups -OCH3 is 1. The van der Waals surface area contributed by atoms with Gasteiger partial charge in [-0.2, -0.15) is 0 Å². The lowest BCUT2D eigenvalue weighted by molar-refractivity contribution is 0.0712. The van der Waals surface area contributed by atoms with Crippen molar-refractivity contribution in [3.05, 3.63) is 40.1 Å². The third-order valence-corrected chi connectivity index (χ3v) is 5.16. The molecule has 3 rings (SSSR count). The van der Waals surface area contributed by atoms with Gasteiger partial charge in [-0.1, -0.05) is 12.1 Å². The number of hydrogen-bond acceptors (Lipinski definition) is 4. The lowest BCUT2D eigenvalue weighted by Gasteiger charge is -2.20. The Morgan fingerprint density at radius 3 is 2.61 bits per heavy atom. The van der Waals surface area contributed by atoms with E-state index >= 15 is 0 Å². The van der Waals surface area contributed by atoms with E-state index in [0.29, 0.717) is 12.6 Å². The van der Waals surface area contributed by atoms with Gasteiger partial charge in [-0.3, -0.25) is 4.79 Å². The number of aliphatic hydroxyl groups excluding tert-OH is 1. The first-order chi connectivity index (χ1) is 11.1. The second-order valence-corrected chi connectivity index (χ2v) is 7.02. The van der Waals surface area contributed by atoms with E-state index in [0.717, 1.165) is 39.5 Å². The summed E-state index contributed by atoms with van der Waals surface area (Å²) in [5.74, 6) is 0.857. The van der Waals surface area contributed by atoms with Gasteiger partial charge in [0.1, 0.15) is 5.75 Å². The quantitative estimate of drug-likeness (QED) is 0.883. The lowest BCUT2D eigenvalue weighted by Crippen LogP contribution is -2.35. The molecule has 1 saturated carbocycles. The standard InChI is InChI=1S/C18H21NO3S/c1-12-16(13-3-7-15(22-2)8-4-13)11-17(23-12)18(21)19(9-10-20)14-5-6-14/h3-4,7-8,11,14,20H,5-6,9-10H2,1-2H3. The molecule has 0 saturated heterocycles. The van der Waals surface area contributed by atoms with Gasteiger partial charge in [0.25, 0.3) is 5.91 Å². The number of ether oxygens (including phenoxy) is 1. The number of carbonyl (C=O) groups is 1. The highest BCUT2D eigenvalue weighted by molar-refractivity contribution is 7.14. The van der Waals surface area contributed by atoms with Crippen LogP contribution in [0.15, 0.2) is 30.3 Å². The highest BCUT2D eigenvalue weighted by Gasteiger charge is 2.33. The number of nitrogens with zero attached hydrogens (tertiary/aromatic N) is 1. The smallest absolute Gasteiger partial charge is 0.264 e. The molecule has 2 aromatic rings. The number of carbonyl (C=O) groups excluding carboxylic acids is 1. The van der Waals surface area contributed by atoms with Crippen LogP contribution < -0.4 is 4.74 Å². The van der Waals surface area contributed by atoms with E-state index in [-0.39, 0.29) is 12.5 Å². The summed E-state index contributed by atoms with van der Waals surface area (Å²) >= 11 is 1.52. The van der Waals surface area contributed by atoms with Gasteiger partial charge in [0.2, 0.25) is 0 Å². The number of aliphatic hydroxyl groups is 1. The molecule has 1 aliphatic carbocycles. The van der Waals surface area contributed by atoms with E-state index < -0.39 is 0 Å². The van der Waals surface area contributed by atoms with E-state index in [9.17, 15) is 9.90 Å². The van der Waals surface area contributed by atoms with Crippen molar-refractivity contribution in [3.63, 3.8) is 0 Å². The average Bonchev–Trinajstić information content (AvgIpc) is 3.34. The van der Waals surface area contributed by atoms with Crippen LogP contribution in [-0.4, -0.2) is 42.2 Å². The van der Waals surface area contributed by atoms with Gasteiger partial charge in [-0.05, 0) is 49.1 Å². The summed E-state index contributed by atoms with van der Waals surface area (Å²) in [5, 5.41) is 9.19. The van der Waals surface area contributed by atoms with Gasteiger partial charge in [0, 0.05) is 17.5 Å². The normalized spacial score (nSPS) is 13.9. The summed E-state index contributed by atoms with van der Waals surface area (Å²) < 4.78 is 5.19. The Morgan fingerprint density at radius 1 is 1.35 bits per heavy atom. The van der Waals surface area contributed by atoms with Crippen molar-refractivity contribution in [1.29, 1.82) is 0 Å². The zero-order valence-electron chi connectivity index (χ0n) is 13.4. The van der Waals surface area contributed by atoms with Gasteiger partial charge >= 0.3 is 0 Å². The molecular formula is C18H21NO3S. The summed E-state index contributed by atoms with van der Waals surface area (Å²) in [5.41, 5.74) is 2.17. The van der Waals surface area contributed by atoms with Crippen LogP contribution in [-0.2, 0) is 0 Å². The third-order valence-electron chi connectivity index (χ3n) is 4.12. The molecule has 1 N–H and O–H groups in total. The zero-order chi connectivity index (χ0) is 16.4. The predicted molar refractivity (Wildman–Crippen MR) is 92.2 cm³/mol. The summed E-state index contributed by atoms with van der Waals surface area (Å²) in [6, 6.07) is 10.1. The Kier molecular flexibility index (Phi) is 4.68. The molecule has 5 heteroatoms. The van der Waals surface area contributed by atoms with Crippen molar-refractivity contribution in [2.75, 3.05) is 20.3 Å². The fourth-order valence-electron chi connectivity index (χ4n) is 2.73. The van der Waals surface area contributed by atoms with Crippen molar-refractivity contribution in [2.45, 2.75) is 25.8 Å². The van der Waals surface area contributed by atoms with Crippen LogP contribution in [0.5, 0.6) is 5.75 Å². The minimum atomic E-state index is 0.0118. The van der Waals surface area contributed by atoms with Crippen LogP contribution in [0.3, 0.4) is 0 Å². The molecular weight excluding hydrogens is 310 g/mol. The second-order valence-electron chi connectivity index (χ2n) is 5.76. The lowest BCUT2D eigenvalue weighted by atomic mass is 10.1. The molecule has 4 nitrogen and oxygen atoms in total. The fourth-order valence-corrected chi connectivity index (χ4v) is 3.73. The maximum absolute atomic E-state index is 12.7. The first-order valence-electron chi connectivity index (χ1n) is 7.80. The molecule has 0 bridgehead atoms. The molecule has 1 fully saturated rings. The third kappa shape index (κ3) is 3.41. The molecule has 0 radical (unpaired) electrons. The number of aryl methyl sites for hydroxylation is 1. The van der Waals surface area contributed by atoms with Crippen LogP contribution in [0, 0.1) is 6.92 Å². The molecule has 1 aromatic heterocycles. The summed E-state index contributed by atoms with van der Waals surface area (Å²) in [6.07, 6.45) is 2.09. The minimum absolute atomic E-state index is 0.0118. The number of rotatable bonds is 6. The van der Waals surface area contributed by atoms with Gasteiger partial charge in [-0.15, -0.1) is 11.3 Å². The average molecular weight is 331 g/mol. The maximum atomic E-state index is 12.7. The molecule has 0 aliphatic heterocycles. The SMILES string of the molecule is COc1ccc(-c2cc(C(=O)N(CCO)C3CC3)sc2C)cc1. The van der Waals surface area contributed by atoms with Crippen LogP contribution >= 0.6 is 11.3 Å². The molecule has 0 spiro atoms. The number of benzene rings is 1. The van der Waals surface area contributed by atoms with Crippen molar-refractivity contribution in [2.24, 2.45) is 0 Å². The van der Waals surface area contributed by atoms with Gasteiger partial charge in [0.15, 0.2) is 0 Å². The van der Waals surface area contributed by atoms with Crippen molar-refractivity contribution in [3.8, 4) is 16.9 Å². The van der Waals surface area contributed by atoms with E-state index in [1.165, 1.54) is 11.3 Å². The highest BCUT2D eigenvalue weighted by atomic mass is 32.1. The van der Waals surface area contributed by atoms with Crippen LogP contribution in [0.4, 0.5) is 0 Å². The molecule has 1 aliphatic rings. The van der Waals surface area contributed by atoms with Crippen LogP contribution in [0.1, 0.15) is 27.4 Å². The monoisotopic (exact) mass is 331 g/mol. The first-order valence-corrected chi connectivity index (χ1v) is 8.62. The molecule has 1 aromatic carbocycles. The fraction of sp³-hybridized carbons (Fsp3) is 0.389. The van der Waals surface area contributed by atoms with Crippen LogP contribution in [0.2, 0.25) is 0 Å².